The zero-order valence-corrected chi connectivity index (χ0v) is 8.95. The maximum Gasteiger partial charge on any atom is 0.0500 e. The summed E-state index contributed by atoms with van der Waals surface area (Å²) in [5.74, 6) is 5.87. The summed E-state index contributed by atoms with van der Waals surface area (Å²) in [5, 5.41) is 0. The van der Waals surface area contributed by atoms with Crippen molar-refractivity contribution in [3.8, 4) is 11.8 Å². The molecule has 1 heterocycles. The molecule has 13 heavy (non-hydrogen) atoms. The molecule has 1 aromatic rings. The lowest BCUT2D eigenvalue weighted by molar-refractivity contribution is 0.771. The van der Waals surface area contributed by atoms with Crippen LogP contribution >= 0.6 is 11.3 Å². The van der Waals surface area contributed by atoms with E-state index in [2.05, 4.69) is 30.9 Å². The first-order valence-corrected chi connectivity index (χ1v) is 5.33. The Kier molecular flexibility index (Phi) is 4.01. The van der Waals surface area contributed by atoms with Crippen LogP contribution in [0.15, 0.2) is 12.1 Å². The lowest BCUT2D eigenvalue weighted by Gasteiger charge is -2.03. The molecule has 1 nitrogen and oxygen atoms in total. The highest BCUT2D eigenvalue weighted by molar-refractivity contribution is 7.12. The van der Waals surface area contributed by atoms with Crippen LogP contribution in [0.3, 0.4) is 0 Å². The molecule has 0 aliphatic rings. The van der Waals surface area contributed by atoms with Gasteiger partial charge in [0.1, 0.15) is 0 Å². The molecule has 0 fully saturated rings. The zero-order valence-electron chi connectivity index (χ0n) is 8.13. The Morgan fingerprint density at radius 3 is 2.85 bits per heavy atom. The van der Waals surface area contributed by atoms with Crippen molar-refractivity contribution in [1.29, 1.82) is 0 Å². The fourth-order valence-corrected chi connectivity index (χ4v) is 2.05. The highest BCUT2D eigenvalue weighted by Gasteiger charge is 2.06. The summed E-state index contributed by atoms with van der Waals surface area (Å²) < 4.78 is 0. The third kappa shape index (κ3) is 2.87. The highest BCUT2D eigenvalue weighted by Crippen LogP contribution is 2.23. The summed E-state index contributed by atoms with van der Waals surface area (Å²) in [6, 6.07) is 4.36. The molecule has 1 rings (SSSR count). The van der Waals surface area contributed by atoms with Gasteiger partial charge in [-0.1, -0.05) is 6.92 Å². The first-order valence-electron chi connectivity index (χ1n) is 4.51. The molecule has 0 aromatic carbocycles. The first kappa shape index (κ1) is 10.3. The van der Waals surface area contributed by atoms with Crippen molar-refractivity contribution >= 4 is 11.3 Å². The second-order valence-electron chi connectivity index (χ2n) is 2.90. The number of hydrogen-bond acceptors (Lipinski definition) is 2. The number of nitrogens with two attached hydrogens (primary N) is 1. The minimum absolute atomic E-state index is 0.0951. The van der Waals surface area contributed by atoms with Gasteiger partial charge in [0.2, 0.25) is 0 Å². The molecule has 0 spiro atoms. The van der Waals surface area contributed by atoms with Crippen LogP contribution in [-0.4, -0.2) is 0 Å². The maximum absolute atomic E-state index is 5.96. The van der Waals surface area contributed by atoms with Crippen LogP contribution in [0.2, 0.25) is 0 Å². The van der Waals surface area contributed by atoms with E-state index in [1.54, 1.807) is 11.3 Å². The molecule has 2 N–H and O–H groups in total. The Balaban J connectivity index is 2.63. The first-order chi connectivity index (χ1) is 6.27. The molecule has 70 valence electrons. The summed E-state index contributed by atoms with van der Waals surface area (Å²) in [7, 11) is 0. The van der Waals surface area contributed by atoms with Gasteiger partial charge in [-0.05, 0) is 25.5 Å². The second-order valence-corrected chi connectivity index (χ2v) is 4.09. The molecule has 0 aliphatic heterocycles. The largest absolute Gasteiger partial charge is 0.322 e. The molecular weight excluding hydrogens is 178 g/mol. The van der Waals surface area contributed by atoms with Gasteiger partial charge < -0.3 is 5.73 Å². The average molecular weight is 193 g/mol. The van der Waals surface area contributed by atoms with Crippen molar-refractivity contribution in [2.24, 2.45) is 5.73 Å². The summed E-state index contributed by atoms with van der Waals surface area (Å²) >= 11 is 1.80. The smallest absolute Gasteiger partial charge is 0.0500 e. The SMILES string of the molecule is CC#CCC(N)c1ccc(CC)s1. The predicted octanol–water partition coefficient (Wildman–Crippen LogP) is 2.72. The minimum Gasteiger partial charge on any atom is -0.322 e. The molecule has 0 bridgehead atoms. The Morgan fingerprint density at radius 2 is 2.31 bits per heavy atom. The minimum atomic E-state index is 0.0951. The quantitative estimate of drug-likeness (QED) is 0.734. The van der Waals surface area contributed by atoms with Gasteiger partial charge in [0.25, 0.3) is 0 Å². The van der Waals surface area contributed by atoms with Gasteiger partial charge in [-0.3, -0.25) is 0 Å². The maximum atomic E-state index is 5.96. The molecule has 0 saturated heterocycles. The Bertz CT molecular complexity index is 316. The second kappa shape index (κ2) is 5.06. The van der Waals surface area contributed by atoms with Gasteiger partial charge >= 0.3 is 0 Å². The van der Waals surface area contributed by atoms with E-state index in [4.69, 9.17) is 5.73 Å². The van der Waals surface area contributed by atoms with Gasteiger partial charge in [0.05, 0.1) is 6.04 Å². The molecule has 2 heteroatoms. The highest BCUT2D eigenvalue weighted by atomic mass is 32.1. The lowest BCUT2D eigenvalue weighted by atomic mass is 10.2. The van der Waals surface area contributed by atoms with Gasteiger partial charge in [-0.15, -0.1) is 23.2 Å². The van der Waals surface area contributed by atoms with Crippen LogP contribution in [0.1, 0.15) is 36.1 Å². The summed E-state index contributed by atoms with van der Waals surface area (Å²) in [6.45, 7) is 4.01. The van der Waals surface area contributed by atoms with Gasteiger partial charge in [-0.2, -0.15) is 0 Å². The number of hydrogen-bond donors (Lipinski definition) is 1. The summed E-state index contributed by atoms with van der Waals surface area (Å²) in [4.78, 5) is 2.65. The fourth-order valence-electron chi connectivity index (χ4n) is 1.10. The lowest BCUT2D eigenvalue weighted by Crippen LogP contribution is -2.06. The van der Waals surface area contributed by atoms with E-state index in [0.29, 0.717) is 0 Å². The predicted molar refractivity (Wildman–Crippen MR) is 58.7 cm³/mol. The molecule has 1 unspecified atom stereocenters. The third-order valence-electron chi connectivity index (χ3n) is 1.90. The van der Waals surface area contributed by atoms with Crippen LogP contribution in [0, 0.1) is 11.8 Å². The molecular formula is C11H15NS. The normalized spacial score (nSPS) is 11.9. The monoisotopic (exact) mass is 193 g/mol. The van der Waals surface area contributed by atoms with Crippen molar-refractivity contribution in [1.82, 2.24) is 0 Å². The molecule has 1 atom stereocenters. The average Bonchev–Trinajstić information content (AvgIpc) is 2.62. The topological polar surface area (TPSA) is 26.0 Å². The van der Waals surface area contributed by atoms with Crippen molar-refractivity contribution in [2.75, 3.05) is 0 Å². The van der Waals surface area contributed by atoms with Crippen molar-refractivity contribution in [3.05, 3.63) is 21.9 Å². The number of thiophene rings is 1. The molecule has 0 saturated carbocycles. The van der Waals surface area contributed by atoms with Crippen LogP contribution in [0.25, 0.3) is 0 Å². The van der Waals surface area contributed by atoms with Crippen LogP contribution in [-0.2, 0) is 6.42 Å². The Morgan fingerprint density at radius 1 is 1.54 bits per heavy atom. The number of aryl methyl sites for hydroxylation is 1. The van der Waals surface area contributed by atoms with E-state index in [0.717, 1.165) is 12.8 Å². The van der Waals surface area contributed by atoms with E-state index in [1.807, 2.05) is 6.92 Å². The van der Waals surface area contributed by atoms with Crippen LogP contribution in [0.4, 0.5) is 0 Å². The van der Waals surface area contributed by atoms with Gasteiger partial charge in [0.15, 0.2) is 0 Å². The summed E-state index contributed by atoms with van der Waals surface area (Å²) in [6.07, 6.45) is 1.86. The van der Waals surface area contributed by atoms with Crippen LogP contribution < -0.4 is 5.73 Å². The molecule has 0 amide bonds. The Labute approximate surface area is 84.0 Å². The number of rotatable bonds is 3. The van der Waals surface area contributed by atoms with E-state index in [-0.39, 0.29) is 6.04 Å². The van der Waals surface area contributed by atoms with Gasteiger partial charge in [-0.25, -0.2) is 0 Å². The summed E-state index contributed by atoms with van der Waals surface area (Å²) in [5.41, 5.74) is 5.96. The zero-order chi connectivity index (χ0) is 9.68. The van der Waals surface area contributed by atoms with Crippen molar-refractivity contribution in [2.45, 2.75) is 32.7 Å². The third-order valence-corrected chi connectivity index (χ3v) is 3.26. The fraction of sp³-hybridized carbons (Fsp3) is 0.455. The van der Waals surface area contributed by atoms with Gasteiger partial charge in [0, 0.05) is 16.2 Å². The van der Waals surface area contributed by atoms with E-state index in [9.17, 15) is 0 Å². The van der Waals surface area contributed by atoms with E-state index in [1.165, 1.54) is 9.75 Å². The standard InChI is InChI=1S/C11H15NS/c1-3-5-6-10(12)11-8-7-9(4-2)13-11/h7-8,10H,4,6,12H2,1-2H3. The molecule has 0 radical (unpaired) electrons. The molecule has 1 aromatic heterocycles. The van der Waals surface area contributed by atoms with Crippen molar-refractivity contribution in [3.63, 3.8) is 0 Å². The van der Waals surface area contributed by atoms with E-state index < -0.39 is 0 Å². The van der Waals surface area contributed by atoms with Crippen LogP contribution in [0.5, 0.6) is 0 Å². The molecule has 0 aliphatic carbocycles. The van der Waals surface area contributed by atoms with E-state index >= 15 is 0 Å². The Hall–Kier alpha value is -0.780. The van der Waals surface area contributed by atoms with Crippen molar-refractivity contribution < 1.29 is 0 Å².